The number of rotatable bonds is 3. The van der Waals surface area contributed by atoms with Gasteiger partial charge in [-0.1, -0.05) is 37.3 Å². The van der Waals surface area contributed by atoms with Gasteiger partial charge in [-0.2, -0.15) is 0 Å². The Morgan fingerprint density at radius 2 is 1.82 bits per heavy atom. The molecule has 2 aliphatic heterocycles. The summed E-state index contributed by atoms with van der Waals surface area (Å²) in [5.41, 5.74) is 1.47. The second kappa shape index (κ2) is 4.79. The van der Waals surface area contributed by atoms with Gasteiger partial charge in [0.25, 0.3) is 0 Å². The van der Waals surface area contributed by atoms with Gasteiger partial charge in [-0.25, -0.2) is 0 Å². The molecule has 2 saturated heterocycles. The van der Waals surface area contributed by atoms with E-state index in [2.05, 4.69) is 47.5 Å². The minimum absolute atomic E-state index is 0.656. The monoisotopic (exact) mass is 230 g/mol. The van der Waals surface area contributed by atoms with Crippen molar-refractivity contribution in [2.24, 2.45) is 11.8 Å². The van der Waals surface area contributed by atoms with Gasteiger partial charge in [0.2, 0.25) is 0 Å². The van der Waals surface area contributed by atoms with Crippen LogP contribution in [0.2, 0.25) is 0 Å². The molecule has 0 aliphatic carbocycles. The zero-order valence-electron chi connectivity index (χ0n) is 10.6. The van der Waals surface area contributed by atoms with E-state index in [-0.39, 0.29) is 0 Å². The summed E-state index contributed by atoms with van der Waals surface area (Å²) in [6, 6.07) is 10.9. The largest absolute Gasteiger partial charge is 0.316 e. The van der Waals surface area contributed by atoms with Crippen molar-refractivity contribution in [1.29, 1.82) is 0 Å². The molecule has 0 aromatic heterocycles. The first-order valence-electron chi connectivity index (χ1n) is 6.81. The first-order chi connectivity index (χ1) is 8.33. The van der Waals surface area contributed by atoms with E-state index in [1.54, 1.807) is 0 Å². The lowest BCUT2D eigenvalue weighted by molar-refractivity contribution is 0.298. The number of benzene rings is 1. The van der Waals surface area contributed by atoms with E-state index in [1.165, 1.54) is 38.3 Å². The molecule has 0 radical (unpaired) electrons. The van der Waals surface area contributed by atoms with Crippen LogP contribution in [0.1, 0.15) is 18.4 Å². The summed E-state index contributed by atoms with van der Waals surface area (Å²) in [5.74, 6) is 2.49. The summed E-state index contributed by atoms with van der Waals surface area (Å²) in [6.45, 7) is 8.64. The van der Waals surface area contributed by atoms with Crippen LogP contribution in [0.3, 0.4) is 0 Å². The first-order valence-corrected chi connectivity index (χ1v) is 6.81. The molecule has 0 spiro atoms. The smallest absolute Gasteiger partial charge is 0.00479 e. The van der Waals surface area contributed by atoms with E-state index in [4.69, 9.17) is 0 Å². The molecule has 0 amide bonds. The van der Waals surface area contributed by atoms with Crippen molar-refractivity contribution in [3.05, 3.63) is 35.9 Å². The third-order valence-corrected chi connectivity index (χ3v) is 4.37. The number of fused-ring (bicyclic) bond motifs is 1. The topological polar surface area (TPSA) is 15.3 Å². The van der Waals surface area contributed by atoms with Gasteiger partial charge in [-0.05, 0) is 36.4 Å². The highest BCUT2D eigenvalue weighted by Crippen LogP contribution is 2.28. The van der Waals surface area contributed by atoms with E-state index in [9.17, 15) is 0 Å². The van der Waals surface area contributed by atoms with Crippen LogP contribution in [0.15, 0.2) is 30.3 Å². The second-order valence-corrected chi connectivity index (χ2v) is 5.71. The molecule has 2 heterocycles. The molecule has 0 bridgehead atoms. The Balaban J connectivity index is 1.58. The number of nitrogens with one attached hydrogen (secondary N) is 1. The van der Waals surface area contributed by atoms with Gasteiger partial charge in [0.1, 0.15) is 0 Å². The van der Waals surface area contributed by atoms with E-state index in [1.807, 2.05) is 0 Å². The van der Waals surface area contributed by atoms with Gasteiger partial charge in [-0.15, -0.1) is 0 Å². The van der Waals surface area contributed by atoms with Crippen LogP contribution in [-0.4, -0.2) is 37.6 Å². The molecule has 2 fully saturated rings. The van der Waals surface area contributed by atoms with Gasteiger partial charge < -0.3 is 10.2 Å². The summed E-state index contributed by atoms with van der Waals surface area (Å²) < 4.78 is 0. The molecule has 92 valence electrons. The predicted octanol–water partition coefficient (Wildman–Crippen LogP) is 1.94. The molecule has 3 atom stereocenters. The lowest BCUT2D eigenvalue weighted by atomic mass is 10.0. The maximum absolute atomic E-state index is 3.50. The zero-order chi connectivity index (χ0) is 11.7. The molecule has 1 aromatic carbocycles. The normalized spacial score (nSPS) is 30.4. The molecule has 17 heavy (non-hydrogen) atoms. The minimum Gasteiger partial charge on any atom is -0.316 e. The van der Waals surface area contributed by atoms with E-state index in [0.717, 1.165) is 11.8 Å². The highest BCUT2D eigenvalue weighted by atomic mass is 15.2. The lowest BCUT2D eigenvalue weighted by Crippen LogP contribution is -2.29. The second-order valence-electron chi connectivity index (χ2n) is 5.71. The van der Waals surface area contributed by atoms with E-state index in [0.29, 0.717) is 5.92 Å². The molecule has 2 nitrogen and oxygen atoms in total. The van der Waals surface area contributed by atoms with Crippen LogP contribution in [0, 0.1) is 11.8 Å². The van der Waals surface area contributed by atoms with Gasteiger partial charge in [0, 0.05) is 19.6 Å². The Morgan fingerprint density at radius 3 is 2.47 bits per heavy atom. The minimum atomic E-state index is 0.656. The molecule has 2 aliphatic rings. The van der Waals surface area contributed by atoms with Crippen LogP contribution < -0.4 is 5.32 Å². The number of hydrogen-bond acceptors (Lipinski definition) is 2. The summed E-state index contributed by atoms with van der Waals surface area (Å²) in [6.07, 6.45) is 0. The summed E-state index contributed by atoms with van der Waals surface area (Å²) in [4.78, 5) is 2.66. The van der Waals surface area contributed by atoms with Crippen molar-refractivity contribution in [2.45, 2.75) is 12.8 Å². The standard InChI is InChI=1S/C15H22N2/c1-12(13-5-3-2-4-6-13)9-17-10-14-7-16-8-15(14)11-17/h2-6,12,14-16H,7-11H2,1H3. The Hall–Kier alpha value is -0.860. The highest BCUT2D eigenvalue weighted by molar-refractivity contribution is 5.19. The molecule has 0 saturated carbocycles. The maximum atomic E-state index is 3.50. The average molecular weight is 230 g/mol. The van der Waals surface area contributed by atoms with Gasteiger partial charge in [0.15, 0.2) is 0 Å². The Bertz CT molecular complexity index is 350. The first kappa shape index (κ1) is 11.2. The molecular formula is C15H22N2. The molecule has 1 N–H and O–H groups in total. The van der Waals surface area contributed by atoms with Crippen molar-refractivity contribution >= 4 is 0 Å². The van der Waals surface area contributed by atoms with Crippen LogP contribution in [0.5, 0.6) is 0 Å². The summed E-state index contributed by atoms with van der Waals surface area (Å²) in [7, 11) is 0. The Kier molecular flexibility index (Phi) is 3.17. The Morgan fingerprint density at radius 1 is 1.18 bits per heavy atom. The van der Waals surface area contributed by atoms with Gasteiger partial charge in [-0.3, -0.25) is 0 Å². The number of nitrogens with zero attached hydrogens (tertiary/aromatic N) is 1. The molecule has 1 aromatic rings. The fraction of sp³-hybridized carbons (Fsp3) is 0.600. The lowest BCUT2D eigenvalue weighted by Gasteiger charge is -2.22. The predicted molar refractivity (Wildman–Crippen MR) is 71.1 cm³/mol. The third kappa shape index (κ3) is 2.38. The fourth-order valence-corrected chi connectivity index (χ4v) is 3.38. The van der Waals surface area contributed by atoms with Crippen LogP contribution in [-0.2, 0) is 0 Å². The van der Waals surface area contributed by atoms with E-state index >= 15 is 0 Å². The van der Waals surface area contributed by atoms with Crippen molar-refractivity contribution in [3.8, 4) is 0 Å². The molecular weight excluding hydrogens is 208 g/mol. The SMILES string of the molecule is CC(CN1CC2CNCC2C1)c1ccccc1. The van der Waals surface area contributed by atoms with Crippen molar-refractivity contribution < 1.29 is 0 Å². The molecule has 2 heteroatoms. The van der Waals surface area contributed by atoms with Crippen LogP contribution in [0.25, 0.3) is 0 Å². The molecule has 3 rings (SSSR count). The van der Waals surface area contributed by atoms with Gasteiger partial charge >= 0.3 is 0 Å². The quantitative estimate of drug-likeness (QED) is 0.853. The van der Waals surface area contributed by atoms with Crippen molar-refractivity contribution in [2.75, 3.05) is 32.7 Å². The number of hydrogen-bond donors (Lipinski definition) is 1. The van der Waals surface area contributed by atoms with Crippen molar-refractivity contribution in [1.82, 2.24) is 10.2 Å². The fourth-order valence-electron chi connectivity index (χ4n) is 3.38. The third-order valence-electron chi connectivity index (χ3n) is 4.37. The molecule has 3 unspecified atom stereocenters. The van der Waals surface area contributed by atoms with Crippen molar-refractivity contribution in [3.63, 3.8) is 0 Å². The maximum Gasteiger partial charge on any atom is 0.00479 e. The summed E-state index contributed by atoms with van der Waals surface area (Å²) >= 11 is 0. The van der Waals surface area contributed by atoms with E-state index < -0.39 is 0 Å². The average Bonchev–Trinajstić information content (AvgIpc) is 2.90. The van der Waals surface area contributed by atoms with Crippen LogP contribution >= 0.6 is 0 Å². The summed E-state index contributed by atoms with van der Waals surface area (Å²) in [5, 5.41) is 3.50. The highest BCUT2D eigenvalue weighted by Gasteiger charge is 2.36. The Labute approximate surface area is 104 Å². The van der Waals surface area contributed by atoms with Crippen LogP contribution in [0.4, 0.5) is 0 Å². The zero-order valence-corrected chi connectivity index (χ0v) is 10.6. The number of likely N-dealkylation sites (tertiary alicyclic amines) is 1. The van der Waals surface area contributed by atoms with Gasteiger partial charge in [0.05, 0.1) is 0 Å².